The van der Waals surface area contributed by atoms with Crippen LogP contribution in [-0.4, -0.2) is 35.0 Å². The van der Waals surface area contributed by atoms with Crippen LogP contribution in [0.2, 0.25) is 0 Å². The molecule has 1 saturated heterocycles. The number of aryl methyl sites for hydroxylation is 1. The Morgan fingerprint density at radius 2 is 2.05 bits per heavy atom. The van der Waals surface area contributed by atoms with Gasteiger partial charge >= 0.3 is 5.97 Å². The van der Waals surface area contributed by atoms with Crippen LogP contribution in [0.25, 0.3) is 0 Å². The van der Waals surface area contributed by atoms with E-state index in [4.69, 9.17) is 0 Å². The van der Waals surface area contributed by atoms with Crippen molar-refractivity contribution in [2.75, 3.05) is 13.1 Å². The number of rotatable bonds is 4. The first kappa shape index (κ1) is 15.5. The summed E-state index contributed by atoms with van der Waals surface area (Å²) in [6.45, 7) is 6.68. The van der Waals surface area contributed by atoms with Crippen LogP contribution in [0, 0.1) is 12.3 Å². The molecular formula is C17H23NO3. The lowest BCUT2D eigenvalue weighted by atomic mass is 9.90. The molecule has 1 aliphatic rings. The lowest BCUT2D eigenvalue weighted by Crippen LogP contribution is -2.35. The molecule has 2 atom stereocenters. The van der Waals surface area contributed by atoms with Crippen molar-refractivity contribution in [2.45, 2.75) is 39.5 Å². The number of benzene rings is 1. The van der Waals surface area contributed by atoms with Gasteiger partial charge in [0.1, 0.15) is 0 Å². The third-order valence-electron chi connectivity index (χ3n) is 4.54. The molecule has 0 aromatic heterocycles. The fraction of sp³-hybridized carbons (Fsp3) is 0.529. The second kappa shape index (κ2) is 5.88. The second-order valence-electron chi connectivity index (χ2n) is 6.39. The summed E-state index contributed by atoms with van der Waals surface area (Å²) in [5.41, 5.74) is 1.59. The molecule has 1 aliphatic heterocycles. The summed E-state index contributed by atoms with van der Waals surface area (Å²) in [5, 5.41) is 9.23. The Bertz CT molecular complexity index is 555. The maximum Gasteiger partial charge on any atom is 0.311 e. The molecule has 21 heavy (non-hydrogen) atoms. The summed E-state index contributed by atoms with van der Waals surface area (Å²) < 4.78 is 0. The van der Waals surface area contributed by atoms with Gasteiger partial charge in [-0.3, -0.25) is 9.59 Å². The number of amides is 1. The van der Waals surface area contributed by atoms with Crippen molar-refractivity contribution in [2.24, 2.45) is 5.41 Å². The second-order valence-corrected chi connectivity index (χ2v) is 6.39. The van der Waals surface area contributed by atoms with Crippen LogP contribution in [0.4, 0.5) is 0 Å². The first-order chi connectivity index (χ1) is 9.83. The predicted molar refractivity (Wildman–Crippen MR) is 81.2 cm³/mol. The van der Waals surface area contributed by atoms with E-state index in [1.165, 1.54) is 11.1 Å². The van der Waals surface area contributed by atoms with E-state index in [1.807, 2.05) is 32.0 Å². The molecule has 0 radical (unpaired) electrons. The maximum absolute atomic E-state index is 12.4. The van der Waals surface area contributed by atoms with Gasteiger partial charge in [0, 0.05) is 19.5 Å². The highest BCUT2D eigenvalue weighted by atomic mass is 16.4. The molecule has 2 rings (SSSR count). The van der Waals surface area contributed by atoms with Crippen molar-refractivity contribution in [3.63, 3.8) is 0 Å². The van der Waals surface area contributed by atoms with Gasteiger partial charge in [0.15, 0.2) is 0 Å². The van der Waals surface area contributed by atoms with Gasteiger partial charge in [0.25, 0.3) is 0 Å². The summed E-state index contributed by atoms with van der Waals surface area (Å²) in [6, 6.07) is 8.08. The van der Waals surface area contributed by atoms with Crippen molar-refractivity contribution >= 4 is 11.9 Å². The van der Waals surface area contributed by atoms with Gasteiger partial charge in [-0.05, 0) is 37.3 Å². The van der Waals surface area contributed by atoms with E-state index in [9.17, 15) is 14.7 Å². The van der Waals surface area contributed by atoms with Crippen molar-refractivity contribution < 1.29 is 14.7 Å². The van der Waals surface area contributed by atoms with Gasteiger partial charge in [0.05, 0.1) is 5.41 Å². The Morgan fingerprint density at radius 1 is 1.38 bits per heavy atom. The number of carboxylic acid groups (broad SMARTS) is 1. The number of carbonyl (C=O) groups excluding carboxylic acids is 1. The molecule has 4 nitrogen and oxygen atoms in total. The number of aliphatic carboxylic acids is 1. The Balaban J connectivity index is 2.00. The van der Waals surface area contributed by atoms with E-state index in [1.54, 1.807) is 11.8 Å². The van der Waals surface area contributed by atoms with Crippen molar-refractivity contribution in [1.82, 2.24) is 4.90 Å². The van der Waals surface area contributed by atoms with Gasteiger partial charge < -0.3 is 10.0 Å². The minimum atomic E-state index is -0.815. The molecule has 114 valence electrons. The number of nitrogens with zero attached hydrogens (tertiary/aromatic N) is 1. The topological polar surface area (TPSA) is 57.6 Å². The van der Waals surface area contributed by atoms with E-state index in [-0.39, 0.29) is 11.8 Å². The van der Waals surface area contributed by atoms with Crippen LogP contribution in [0.5, 0.6) is 0 Å². The molecule has 1 heterocycles. The van der Waals surface area contributed by atoms with Crippen molar-refractivity contribution in [3.05, 3.63) is 35.4 Å². The normalized spacial score (nSPS) is 23.1. The number of hydrogen-bond donors (Lipinski definition) is 1. The minimum absolute atomic E-state index is 0.0516. The lowest BCUT2D eigenvalue weighted by Gasteiger charge is -2.22. The smallest absolute Gasteiger partial charge is 0.311 e. The zero-order valence-electron chi connectivity index (χ0n) is 12.9. The number of carbonyl (C=O) groups is 2. The lowest BCUT2D eigenvalue weighted by molar-refractivity contribution is -0.147. The zero-order valence-corrected chi connectivity index (χ0v) is 12.9. The number of carboxylic acids is 1. The molecule has 1 amide bonds. The summed E-state index contributed by atoms with van der Waals surface area (Å²) in [5.74, 6) is -0.615. The number of likely N-dealkylation sites (tertiary alicyclic amines) is 1. The van der Waals surface area contributed by atoms with Crippen molar-refractivity contribution in [1.29, 1.82) is 0 Å². The van der Waals surface area contributed by atoms with Crippen molar-refractivity contribution in [3.8, 4) is 0 Å². The van der Waals surface area contributed by atoms with E-state index in [2.05, 4.69) is 6.07 Å². The molecule has 2 unspecified atom stereocenters. The highest BCUT2D eigenvalue weighted by Crippen LogP contribution is 2.32. The maximum atomic E-state index is 12.4. The van der Waals surface area contributed by atoms with Gasteiger partial charge in [-0.2, -0.15) is 0 Å². The molecule has 0 spiro atoms. The molecule has 4 heteroatoms. The van der Waals surface area contributed by atoms with Crippen LogP contribution in [0.1, 0.15) is 43.7 Å². The van der Waals surface area contributed by atoms with Crippen LogP contribution in [-0.2, 0) is 9.59 Å². The van der Waals surface area contributed by atoms with Gasteiger partial charge in [-0.1, -0.05) is 31.2 Å². The first-order valence-electron chi connectivity index (χ1n) is 7.40. The third kappa shape index (κ3) is 3.26. The Kier molecular flexibility index (Phi) is 4.35. The largest absolute Gasteiger partial charge is 0.481 e. The minimum Gasteiger partial charge on any atom is -0.481 e. The molecule has 1 aromatic rings. The SMILES string of the molecule is Cc1ccccc1C(C)CC(=O)N1CCC(C)(C(=O)O)C1. The zero-order chi connectivity index (χ0) is 15.6. The summed E-state index contributed by atoms with van der Waals surface area (Å²) >= 11 is 0. The van der Waals surface area contributed by atoms with Gasteiger partial charge in [-0.25, -0.2) is 0 Å². The van der Waals surface area contributed by atoms with E-state index in [0.717, 1.165) is 0 Å². The quantitative estimate of drug-likeness (QED) is 0.927. The molecular weight excluding hydrogens is 266 g/mol. The number of hydrogen-bond acceptors (Lipinski definition) is 2. The average molecular weight is 289 g/mol. The van der Waals surface area contributed by atoms with Crippen LogP contribution in [0.3, 0.4) is 0 Å². The summed E-state index contributed by atoms with van der Waals surface area (Å²) in [4.78, 5) is 25.3. The Morgan fingerprint density at radius 3 is 2.62 bits per heavy atom. The fourth-order valence-corrected chi connectivity index (χ4v) is 2.99. The molecule has 0 saturated carbocycles. The van der Waals surface area contributed by atoms with E-state index < -0.39 is 11.4 Å². The molecule has 0 bridgehead atoms. The van der Waals surface area contributed by atoms with E-state index >= 15 is 0 Å². The van der Waals surface area contributed by atoms with Gasteiger partial charge in [-0.15, -0.1) is 0 Å². The van der Waals surface area contributed by atoms with Crippen LogP contribution < -0.4 is 0 Å². The Hall–Kier alpha value is -1.84. The molecule has 0 aliphatic carbocycles. The van der Waals surface area contributed by atoms with E-state index in [0.29, 0.717) is 25.9 Å². The fourth-order valence-electron chi connectivity index (χ4n) is 2.99. The molecule has 1 fully saturated rings. The Labute approximate surface area is 125 Å². The average Bonchev–Trinajstić information content (AvgIpc) is 2.83. The first-order valence-corrected chi connectivity index (χ1v) is 7.40. The standard InChI is InChI=1S/C17H23NO3/c1-12-6-4-5-7-14(12)13(2)10-15(19)18-9-8-17(3,11-18)16(20)21/h4-7,13H,8-11H2,1-3H3,(H,20,21). The summed E-state index contributed by atoms with van der Waals surface area (Å²) in [6.07, 6.45) is 0.966. The highest BCUT2D eigenvalue weighted by Gasteiger charge is 2.42. The van der Waals surface area contributed by atoms with Crippen LogP contribution >= 0.6 is 0 Å². The predicted octanol–water partition coefficient (Wildman–Crippen LogP) is 2.81. The molecule has 1 N–H and O–H groups in total. The van der Waals surface area contributed by atoms with Gasteiger partial charge in [0.2, 0.25) is 5.91 Å². The monoisotopic (exact) mass is 289 g/mol. The molecule has 1 aromatic carbocycles. The van der Waals surface area contributed by atoms with Crippen LogP contribution in [0.15, 0.2) is 24.3 Å². The summed E-state index contributed by atoms with van der Waals surface area (Å²) in [7, 11) is 0. The highest BCUT2D eigenvalue weighted by molar-refractivity contribution is 5.81. The third-order valence-corrected chi connectivity index (χ3v) is 4.54.